The Bertz CT molecular complexity index is 829. The van der Waals surface area contributed by atoms with Crippen LogP contribution in [0.5, 0.6) is 5.75 Å². The first-order chi connectivity index (χ1) is 12.5. The van der Waals surface area contributed by atoms with Crippen molar-refractivity contribution in [2.45, 2.75) is 52.2 Å². The minimum atomic E-state index is -0.917. The highest BCUT2D eigenvalue weighted by atomic mass is 35.5. The first kappa shape index (κ1) is 21.4. The van der Waals surface area contributed by atoms with Crippen LogP contribution in [0, 0.1) is 0 Å². The lowest BCUT2D eigenvalue weighted by atomic mass is 9.86. The van der Waals surface area contributed by atoms with Crippen LogP contribution in [0.1, 0.15) is 51.8 Å². The van der Waals surface area contributed by atoms with Crippen molar-refractivity contribution in [1.29, 1.82) is 0 Å². The van der Waals surface area contributed by atoms with Crippen LogP contribution in [0.25, 0.3) is 0 Å². The molecule has 6 heteroatoms. The fourth-order valence-corrected chi connectivity index (χ4v) is 3.04. The van der Waals surface area contributed by atoms with Crippen LogP contribution in [0.3, 0.4) is 0 Å². The molecule has 0 amide bonds. The summed E-state index contributed by atoms with van der Waals surface area (Å²) in [6.07, 6.45) is -0.293. The summed E-state index contributed by atoms with van der Waals surface area (Å²) in [4.78, 5) is 12.7. The van der Waals surface area contributed by atoms with E-state index in [0.29, 0.717) is 21.3 Å². The summed E-state index contributed by atoms with van der Waals surface area (Å²) in [6, 6.07) is 9.33. The van der Waals surface area contributed by atoms with Crippen LogP contribution in [-0.4, -0.2) is 17.2 Å². The van der Waals surface area contributed by atoms with E-state index in [1.807, 2.05) is 6.07 Å². The highest BCUT2D eigenvalue weighted by Crippen LogP contribution is 2.35. The number of hydrogen-bond donors (Lipinski definition) is 2. The van der Waals surface area contributed by atoms with Gasteiger partial charge in [0, 0.05) is 10.6 Å². The van der Waals surface area contributed by atoms with Gasteiger partial charge in [-0.15, -0.1) is 0 Å². The Balaban J connectivity index is 2.45. The predicted octanol–water partition coefficient (Wildman–Crippen LogP) is 6.10. The molecule has 4 nitrogen and oxygen atoms in total. The van der Waals surface area contributed by atoms with E-state index < -0.39 is 12.0 Å². The van der Waals surface area contributed by atoms with E-state index in [2.05, 4.69) is 26.1 Å². The number of benzene rings is 2. The number of phenolic OH excluding ortho intramolecular Hbond substituents is 1. The first-order valence-electron chi connectivity index (χ1n) is 8.74. The van der Waals surface area contributed by atoms with Gasteiger partial charge in [0.1, 0.15) is 5.75 Å². The molecule has 0 aliphatic carbocycles. The summed E-state index contributed by atoms with van der Waals surface area (Å²) in [5.74, 6) is -0.486. The lowest BCUT2D eigenvalue weighted by molar-refractivity contribution is -0.148. The van der Waals surface area contributed by atoms with Gasteiger partial charge in [-0.2, -0.15) is 0 Å². The molecule has 1 unspecified atom stereocenters. The number of nitrogens with one attached hydrogen (secondary N) is 1. The van der Waals surface area contributed by atoms with Crippen molar-refractivity contribution < 1.29 is 14.6 Å². The Kier molecular flexibility index (Phi) is 6.66. The number of esters is 1. The number of carbonyl (C=O) groups is 1. The second-order valence-electron chi connectivity index (χ2n) is 7.71. The van der Waals surface area contributed by atoms with Gasteiger partial charge in [0.25, 0.3) is 0 Å². The summed E-state index contributed by atoms with van der Waals surface area (Å²) >= 11 is 12.2. The van der Waals surface area contributed by atoms with Crippen molar-refractivity contribution in [1.82, 2.24) is 0 Å². The molecular formula is C21H25Cl2NO3. The molecule has 27 heavy (non-hydrogen) atoms. The topological polar surface area (TPSA) is 58.6 Å². The number of anilines is 1. The molecule has 0 radical (unpaired) electrons. The molecule has 0 saturated heterocycles. The number of rotatable bonds is 5. The molecule has 2 aromatic carbocycles. The third kappa shape index (κ3) is 5.53. The monoisotopic (exact) mass is 409 g/mol. The average Bonchev–Trinajstić information content (AvgIpc) is 2.53. The summed E-state index contributed by atoms with van der Waals surface area (Å²) in [7, 11) is 0. The Hall–Kier alpha value is -1.91. The summed E-state index contributed by atoms with van der Waals surface area (Å²) in [6.45, 7) is 9.70. The molecule has 0 saturated carbocycles. The SMILES string of the molecule is CC(C)OC(=O)C(Nc1ccc(Cl)cc1Cl)c1ccc(C(C)(C)C)cc1O. The maximum Gasteiger partial charge on any atom is 0.333 e. The van der Waals surface area contributed by atoms with Crippen molar-refractivity contribution in [2.24, 2.45) is 0 Å². The van der Waals surface area contributed by atoms with E-state index in [-0.39, 0.29) is 17.3 Å². The molecule has 0 bridgehead atoms. The van der Waals surface area contributed by atoms with Crippen LogP contribution in [0.4, 0.5) is 5.69 Å². The molecule has 146 valence electrons. The number of halogens is 2. The van der Waals surface area contributed by atoms with Gasteiger partial charge in [0.2, 0.25) is 0 Å². The zero-order valence-electron chi connectivity index (χ0n) is 16.1. The maximum absolute atomic E-state index is 12.7. The van der Waals surface area contributed by atoms with Crippen LogP contribution in [-0.2, 0) is 14.9 Å². The summed E-state index contributed by atoms with van der Waals surface area (Å²) in [5.41, 5.74) is 1.77. The third-order valence-electron chi connectivity index (χ3n) is 4.03. The van der Waals surface area contributed by atoms with Crippen molar-refractivity contribution in [2.75, 3.05) is 5.32 Å². The van der Waals surface area contributed by atoms with Crippen LogP contribution in [0.15, 0.2) is 36.4 Å². The van der Waals surface area contributed by atoms with Crippen LogP contribution >= 0.6 is 23.2 Å². The molecule has 2 rings (SSSR count). The molecule has 0 aliphatic rings. The summed E-state index contributed by atoms with van der Waals surface area (Å²) in [5, 5.41) is 14.5. The number of hydrogen-bond acceptors (Lipinski definition) is 4. The van der Waals surface area contributed by atoms with E-state index >= 15 is 0 Å². The van der Waals surface area contributed by atoms with Gasteiger partial charge in [0.05, 0.1) is 16.8 Å². The molecule has 0 heterocycles. The van der Waals surface area contributed by atoms with Gasteiger partial charge in [0.15, 0.2) is 6.04 Å². The van der Waals surface area contributed by atoms with Crippen LogP contribution < -0.4 is 5.32 Å². The van der Waals surface area contributed by atoms with Crippen molar-refractivity contribution in [3.05, 3.63) is 57.6 Å². The first-order valence-corrected chi connectivity index (χ1v) is 9.50. The fraction of sp³-hybridized carbons (Fsp3) is 0.381. The van der Waals surface area contributed by atoms with E-state index in [4.69, 9.17) is 27.9 Å². The molecule has 1 atom stereocenters. The maximum atomic E-state index is 12.7. The number of ether oxygens (including phenoxy) is 1. The molecule has 0 spiro atoms. The van der Waals surface area contributed by atoms with Gasteiger partial charge in [-0.1, -0.05) is 56.1 Å². The Morgan fingerprint density at radius 2 is 1.78 bits per heavy atom. The lowest BCUT2D eigenvalue weighted by Crippen LogP contribution is -2.26. The van der Waals surface area contributed by atoms with Crippen LogP contribution in [0.2, 0.25) is 10.0 Å². The van der Waals surface area contributed by atoms with Gasteiger partial charge >= 0.3 is 5.97 Å². The second-order valence-corrected chi connectivity index (χ2v) is 8.55. The zero-order valence-corrected chi connectivity index (χ0v) is 17.7. The molecule has 0 aromatic heterocycles. The van der Waals surface area contributed by atoms with E-state index in [1.165, 1.54) is 0 Å². The van der Waals surface area contributed by atoms with Crippen molar-refractivity contribution in [3.8, 4) is 5.75 Å². The van der Waals surface area contributed by atoms with Gasteiger partial charge in [-0.05, 0) is 49.1 Å². The highest BCUT2D eigenvalue weighted by molar-refractivity contribution is 6.36. The summed E-state index contributed by atoms with van der Waals surface area (Å²) < 4.78 is 5.37. The largest absolute Gasteiger partial charge is 0.508 e. The highest BCUT2D eigenvalue weighted by Gasteiger charge is 2.27. The van der Waals surface area contributed by atoms with E-state index in [9.17, 15) is 9.90 Å². The average molecular weight is 410 g/mol. The standard InChI is InChI=1S/C21H25Cl2NO3/c1-12(2)27-20(26)19(24-17-9-7-14(22)11-16(17)23)15-8-6-13(10-18(15)25)21(3,4)5/h6-12,19,24-25H,1-5H3. The Morgan fingerprint density at radius 1 is 1.11 bits per heavy atom. The van der Waals surface area contributed by atoms with Gasteiger partial charge < -0.3 is 15.2 Å². The lowest BCUT2D eigenvalue weighted by Gasteiger charge is -2.24. The Morgan fingerprint density at radius 3 is 2.30 bits per heavy atom. The molecule has 2 N–H and O–H groups in total. The van der Waals surface area contributed by atoms with E-state index in [0.717, 1.165) is 5.56 Å². The molecular weight excluding hydrogens is 385 g/mol. The van der Waals surface area contributed by atoms with Crippen molar-refractivity contribution in [3.63, 3.8) is 0 Å². The minimum absolute atomic E-state index is 0.0192. The number of carbonyl (C=O) groups excluding carboxylic acids is 1. The fourth-order valence-electron chi connectivity index (χ4n) is 2.58. The quantitative estimate of drug-likeness (QED) is 0.585. The Labute approximate surface area is 170 Å². The predicted molar refractivity (Wildman–Crippen MR) is 111 cm³/mol. The third-order valence-corrected chi connectivity index (χ3v) is 4.57. The molecule has 0 aliphatic heterocycles. The van der Waals surface area contributed by atoms with Gasteiger partial charge in [-0.25, -0.2) is 4.79 Å². The molecule has 2 aromatic rings. The number of phenols is 1. The molecule has 0 fully saturated rings. The van der Waals surface area contributed by atoms with Crippen molar-refractivity contribution >= 4 is 34.9 Å². The van der Waals surface area contributed by atoms with E-state index in [1.54, 1.807) is 44.2 Å². The zero-order chi connectivity index (χ0) is 20.4. The van der Waals surface area contributed by atoms with Gasteiger partial charge in [-0.3, -0.25) is 0 Å². The normalized spacial score (nSPS) is 12.7. The smallest absolute Gasteiger partial charge is 0.333 e. The second kappa shape index (κ2) is 8.41. The number of aromatic hydroxyl groups is 1. The minimum Gasteiger partial charge on any atom is -0.508 e.